The van der Waals surface area contributed by atoms with E-state index < -0.39 is 27.5 Å². The van der Waals surface area contributed by atoms with Gasteiger partial charge in [-0.25, -0.2) is 8.42 Å². The van der Waals surface area contributed by atoms with E-state index in [9.17, 15) is 26.4 Å². The highest BCUT2D eigenvalue weighted by Crippen LogP contribution is 2.34. The maximum absolute atomic E-state index is 12.9. The van der Waals surface area contributed by atoms with Crippen LogP contribution in [0, 0.1) is 0 Å². The van der Waals surface area contributed by atoms with Gasteiger partial charge in [-0.2, -0.15) is 13.2 Å². The minimum atomic E-state index is -4.39. The van der Waals surface area contributed by atoms with Crippen molar-refractivity contribution in [2.75, 3.05) is 26.2 Å². The van der Waals surface area contributed by atoms with Crippen LogP contribution in [0.4, 0.5) is 13.2 Å². The summed E-state index contributed by atoms with van der Waals surface area (Å²) in [4.78, 5) is 16.2. The van der Waals surface area contributed by atoms with Crippen LogP contribution in [0.3, 0.4) is 0 Å². The number of benzene rings is 2. The lowest BCUT2D eigenvalue weighted by atomic mass is 10.1. The molecular weight excluding hydrogens is 417 g/mol. The molecule has 30 heavy (non-hydrogen) atoms. The molecule has 1 saturated heterocycles. The van der Waals surface area contributed by atoms with Crippen molar-refractivity contribution in [3.05, 3.63) is 70.1 Å². The number of carbonyl (C=O) groups excluding carboxylic acids is 1. The molecular formula is C21H19F3N2O3S. The van der Waals surface area contributed by atoms with Gasteiger partial charge in [-0.1, -0.05) is 36.4 Å². The molecule has 0 saturated carbocycles. The van der Waals surface area contributed by atoms with E-state index in [1.807, 2.05) is 4.90 Å². The summed E-state index contributed by atoms with van der Waals surface area (Å²) in [5, 5.41) is 0. The molecule has 2 aromatic rings. The smallest absolute Gasteiger partial charge is 0.335 e. The Labute approximate surface area is 172 Å². The zero-order chi connectivity index (χ0) is 21.5. The zero-order valence-corrected chi connectivity index (χ0v) is 16.7. The second kappa shape index (κ2) is 7.55. The van der Waals surface area contributed by atoms with Crippen molar-refractivity contribution in [1.82, 2.24) is 9.80 Å². The van der Waals surface area contributed by atoms with Crippen molar-refractivity contribution in [3.63, 3.8) is 0 Å². The first-order valence-electron chi connectivity index (χ1n) is 9.40. The van der Waals surface area contributed by atoms with Crippen LogP contribution in [0.25, 0.3) is 6.08 Å². The Kier molecular flexibility index (Phi) is 5.19. The predicted molar refractivity (Wildman–Crippen MR) is 105 cm³/mol. The lowest BCUT2D eigenvalue weighted by molar-refractivity contribution is -0.137. The number of alkyl halides is 3. The van der Waals surface area contributed by atoms with E-state index in [-0.39, 0.29) is 9.80 Å². The average molecular weight is 436 g/mol. The van der Waals surface area contributed by atoms with Crippen molar-refractivity contribution in [2.24, 2.45) is 0 Å². The van der Waals surface area contributed by atoms with E-state index in [0.717, 1.165) is 12.1 Å². The summed E-state index contributed by atoms with van der Waals surface area (Å²) >= 11 is 0. The van der Waals surface area contributed by atoms with E-state index in [2.05, 4.69) is 0 Å². The fraction of sp³-hybridized carbons (Fsp3) is 0.286. The largest absolute Gasteiger partial charge is 0.416 e. The van der Waals surface area contributed by atoms with Crippen LogP contribution in [0.15, 0.2) is 58.3 Å². The van der Waals surface area contributed by atoms with Crippen LogP contribution in [0.2, 0.25) is 0 Å². The number of carbonyl (C=O) groups is 1. The molecule has 2 heterocycles. The molecule has 2 aliphatic rings. The van der Waals surface area contributed by atoms with Crippen LogP contribution >= 0.6 is 0 Å². The molecule has 1 fully saturated rings. The standard InChI is InChI=1S/C21H19F3N2O3S/c22-21(23,24)17-6-3-4-15(12-17)14-25-8-10-26(11-9-25)20(27)19-13-16-5-1-2-7-18(16)30(19,28)29/h1-7,12-13H,8-11,14H2. The predicted octanol–water partition coefficient (Wildman–Crippen LogP) is 3.18. The molecule has 0 unspecified atom stereocenters. The van der Waals surface area contributed by atoms with Crippen LogP contribution in [0.5, 0.6) is 0 Å². The molecule has 4 rings (SSSR count). The number of piperazine rings is 1. The van der Waals surface area contributed by atoms with Crippen LogP contribution in [-0.2, 0) is 27.4 Å². The molecule has 0 spiro atoms. The molecule has 2 aromatic carbocycles. The van der Waals surface area contributed by atoms with E-state index >= 15 is 0 Å². The quantitative estimate of drug-likeness (QED) is 0.742. The van der Waals surface area contributed by atoms with E-state index in [4.69, 9.17) is 0 Å². The number of fused-ring (bicyclic) bond motifs is 1. The fourth-order valence-electron chi connectivity index (χ4n) is 3.73. The van der Waals surface area contributed by atoms with Crippen molar-refractivity contribution < 1.29 is 26.4 Å². The lowest BCUT2D eigenvalue weighted by Gasteiger charge is -2.34. The van der Waals surface area contributed by atoms with Gasteiger partial charge in [0, 0.05) is 32.7 Å². The Morgan fingerprint density at radius 2 is 1.67 bits per heavy atom. The molecule has 0 aromatic heterocycles. The number of rotatable bonds is 3. The number of amides is 1. The summed E-state index contributed by atoms with van der Waals surface area (Å²) in [5.74, 6) is -0.537. The highest BCUT2D eigenvalue weighted by atomic mass is 32.2. The first-order valence-corrected chi connectivity index (χ1v) is 10.9. The highest BCUT2D eigenvalue weighted by Gasteiger charge is 2.37. The molecule has 5 nitrogen and oxygen atoms in total. The number of nitrogens with zero attached hydrogens (tertiary/aromatic N) is 2. The van der Waals surface area contributed by atoms with Crippen LogP contribution in [-0.4, -0.2) is 50.3 Å². The van der Waals surface area contributed by atoms with Crippen molar-refractivity contribution in [3.8, 4) is 0 Å². The van der Waals surface area contributed by atoms with Gasteiger partial charge in [-0.05, 0) is 29.3 Å². The monoisotopic (exact) mass is 436 g/mol. The molecule has 0 aliphatic carbocycles. The topological polar surface area (TPSA) is 57.7 Å². The Morgan fingerprint density at radius 1 is 0.967 bits per heavy atom. The van der Waals surface area contributed by atoms with Gasteiger partial charge in [0.25, 0.3) is 5.91 Å². The number of sulfone groups is 1. The molecule has 0 N–H and O–H groups in total. The third-order valence-electron chi connectivity index (χ3n) is 5.32. The minimum Gasteiger partial charge on any atom is -0.335 e. The summed E-state index contributed by atoms with van der Waals surface area (Å²) in [6.07, 6.45) is -2.98. The summed E-state index contributed by atoms with van der Waals surface area (Å²) in [7, 11) is -3.83. The first-order chi connectivity index (χ1) is 14.2. The fourth-order valence-corrected chi connectivity index (χ4v) is 5.30. The Balaban J connectivity index is 1.40. The molecule has 9 heteroatoms. The first kappa shape index (κ1) is 20.6. The molecule has 0 atom stereocenters. The maximum Gasteiger partial charge on any atom is 0.416 e. The molecule has 0 bridgehead atoms. The third-order valence-corrected chi connectivity index (χ3v) is 7.14. The Morgan fingerprint density at radius 3 is 2.33 bits per heavy atom. The summed E-state index contributed by atoms with van der Waals surface area (Å²) < 4.78 is 64.0. The average Bonchev–Trinajstić information content (AvgIpc) is 2.99. The van der Waals surface area contributed by atoms with E-state index in [1.165, 1.54) is 23.1 Å². The second-order valence-electron chi connectivity index (χ2n) is 7.32. The van der Waals surface area contributed by atoms with Crippen molar-refractivity contribution in [1.29, 1.82) is 0 Å². The van der Waals surface area contributed by atoms with Gasteiger partial charge in [-0.3, -0.25) is 9.69 Å². The Bertz CT molecular complexity index is 1120. The summed E-state index contributed by atoms with van der Waals surface area (Å²) in [5.41, 5.74) is 0.358. The zero-order valence-electron chi connectivity index (χ0n) is 15.9. The van der Waals surface area contributed by atoms with Gasteiger partial charge >= 0.3 is 6.18 Å². The number of halogens is 3. The van der Waals surface area contributed by atoms with Gasteiger partial charge in [0.2, 0.25) is 9.84 Å². The maximum atomic E-state index is 12.9. The van der Waals surface area contributed by atoms with E-state index in [0.29, 0.717) is 43.9 Å². The van der Waals surface area contributed by atoms with Crippen LogP contribution < -0.4 is 0 Å². The molecule has 2 aliphatic heterocycles. The van der Waals surface area contributed by atoms with Gasteiger partial charge < -0.3 is 4.90 Å². The minimum absolute atomic E-state index is 0.136. The van der Waals surface area contributed by atoms with Gasteiger partial charge in [0.15, 0.2) is 0 Å². The highest BCUT2D eigenvalue weighted by molar-refractivity contribution is 7.96. The van der Waals surface area contributed by atoms with Crippen molar-refractivity contribution >= 4 is 21.8 Å². The van der Waals surface area contributed by atoms with Gasteiger partial charge in [0.05, 0.1) is 10.5 Å². The normalized spacial score (nSPS) is 18.8. The number of hydrogen-bond donors (Lipinski definition) is 0. The van der Waals surface area contributed by atoms with Gasteiger partial charge in [-0.15, -0.1) is 0 Å². The Hall–Kier alpha value is -2.65. The number of hydrogen-bond acceptors (Lipinski definition) is 4. The van der Waals surface area contributed by atoms with Gasteiger partial charge in [0.1, 0.15) is 4.91 Å². The SMILES string of the molecule is O=C(C1=Cc2ccccc2S1(=O)=O)N1CCN(Cc2cccc(C(F)(F)F)c2)CC1. The molecule has 1 amide bonds. The third kappa shape index (κ3) is 3.87. The van der Waals surface area contributed by atoms with Crippen LogP contribution in [0.1, 0.15) is 16.7 Å². The summed E-state index contributed by atoms with van der Waals surface area (Å²) in [6, 6.07) is 11.6. The lowest BCUT2D eigenvalue weighted by Crippen LogP contribution is -2.49. The second-order valence-corrected chi connectivity index (χ2v) is 9.20. The molecule has 158 valence electrons. The summed E-state index contributed by atoms with van der Waals surface area (Å²) in [6.45, 7) is 1.84. The molecule has 0 radical (unpaired) electrons. The van der Waals surface area contributed by atoms with Crippen molar-refractivity contribution in [2.45, 2.75) is 17.6 Å². The van der Waals surface area contributed by atoms with E-state index in [1.54, 1.807) is 24.3 Å².